The third-order valence-electron chi connectivity index (χ3n) is 3.69. The summed E-state index contributed by atoms with van der Waals surface area (Å²) in [7, 11) is 0. The Kier molecular flexibility index (Phi) is 5.17. The third kappa shape index (κ3) is 3.95. The number of aliphatic carboxylic acids is 1. The average molecular weight is 370 g/mol. The van der Waals surface area contributed by atoms with Gasteiger partial charge in [-0.05, 0) is 18.2 Å². The highest BCUT2D eigenvalue weighted by Gasteiger charge is 2.23. The van der Waals surface area contributed by atoms with E-state index in [4.69, 9.17) is 21.4 Å². The normalized spacial score (nSPS) is 15.0. The van der Waals surface area contributed by atoms with E-state index in [0.717, 1.165) is 15.3 Å². The molecule has 0 aliphatic carbocycles. The summed E-state index contributed by atoms with van der Waals surface area (Å²) in [5.74, 6) is -1.27. The second kappa shape index (κ2) is 7.33. The van der Waals surface area contributed by atoms with Gasteiger partial charge in [-0.25, -0.2) is 9.78 Å². The van der Waals surface area contributed by atoms with E-state index < -0.39 is 12.6 Å². The lowest BCUT2D eigenvalue weighted by Crippen LogP contribution is -2.49. The van der Waals surface area contributed by atoms with Crippen LogP contribution in [0.25, 0.3) is 10.2 Å². The Balaban J connectivity index is 1.56. The number of carbonyl (C=O) groups excluding carboxylic acids is 1. The van der Waals surface area contributed by atoms with Crippen LogP contribution in [0, 0.1) is 0 Å². The molecule has 0 saturated carbocycles. The SMILES string of the molecule is O=C(O)COCC(=O)N1CCN(c2nc3ccc(Cl)cc3s2)CC1. The molecule has 1 aromatic heterocycles. The summed E-state index contributed by atoms with van der Waals surface area (Å²) in [6.07, 6.45) is 0. The number of benzene rings is 1. The molecular weight excluding hydrogens is 354 g/mol. The highest BCUT2D eigenvalue weighted by molar-refractivity contribution is 7.22. The number of aromatic nitrogens is 1. The fourth-order valence-electron chi connectivity index (χ4n) is 2.49. The smallest absolute Gasteiger partial charge is 0.329 e. The molecule has 1 N–H and O–H groups in total. The molecule has 9 heteroatoms. The van der Waals surface area contributed by atoms with Crippen LogP contribution in [0.5, 0.6) is 0 Å². The van der Waals surface area contributed by atoms with Crippen molar-refractivity contribution in [2.45, 2.75) is 0 Å². The average Bonchev–Trinajstić information content (AvgIpc) is 2.97. The zero-order chi connectivity index (χ0) is 17.1. The van der Waals surface area contributed by atoms with E-state index >= 15 is 0 Å². The lowest BCUT2D eigenvalue weighted by Gasteiger charge is -2.34. The molecule has 2 heterocycles. The number of fused-ring (bicyclic) bond motifs is 1. The Hall–Kier alpha value is -1.90. The number of piperazine rings is 1. The van der Waals surface area contributed by atoms with Crippen LogP contribution in [-0.2, 0) is 14.3 Å². The third-order valence-corrected chi connectivity index (χ3v) is 5.01. The molecule has 1 aliphatic heterocycles. The van der Waals surface area contributed by atoms with E-state index in [1.54, 1.807) is 16.2 Å². The van der Waals surface area contributed by atoms with Crippen molar-refractivity contribution in [3.05, 3.63) is 23.2 Å². The van der Waals surface area contributed by atoms with Gasteiger partial charge in [0.05, 0.1) is 10.2 Å². The van der Waals surface area contributed by atoms with Crippen LogP contribution < -0.4 is 4.90 Å². The van der Waals surface area contributed by atoms with Crippen LogP contribution in [0.2, 0.25) is 5.02 Å². The van der Waals surface area contributed by atoms with Gasteiger partial charge in [0.2, 0.25) is 5.91 Å². The molecule has 24 heavy (non-hydrogen) atoms. The number of amides is 1. The number of rotatable bonds is 5. The largest absolute Gasteiger partial charge is 0.480 e. The molecule has 7 nitrogen and oxygen atoms in total. The van der Waals surface area contributed by atoms with Gasteiger partial charge < -0.3 is 19.6 Å². The molecule has 0 spiro atoms. The van der Waals surface area contributed by atoms with E-state index in [1.807, 2.05) is 18.2 Å². The second-order valence-corrected chi connectivity index (χ2v) is 6.81. The van der Waals surface area contributed by atoms with E-state index in [2.05, 4.69) is 9.88 Å². The Bertz CT molecular complexity index is 758. The van der Waals surface area contributed by atoms with Crippen LogP contribution in [-0.4, -0.2) is 66.3 Å². The summed E-state index contributed by atoms with van der Waals surface area (Å²) in [6.45, 7) is 1.82. The van der Waals surface area contributed by atoms with Gasteiger partial charge in [0.1, 0.15) is 13.2 Å². The maximum absolute atomic E-state index is 12.0. The van der Waals surface area contributed by atoms with Gasteiger partial charge in [0.15, 0.2) is 5.13 Å². The molecule has 1 amide bonds. The highest BCUT2D eigenvalue weighted by Crippen LogP contribution is 2.31. The molecule has 0 bridgehead atoms. The Morgan fingerprint density at radius 3 is 2.71 bits per heavy atom. The first-order valence-corrected chi connectivity index (χ1v) is 8.61. The number of hydrogen-bond acceptors (Lipinski definition) is 6. The maximum Gasteiger partial charge on any atom is 0.329 e. The van der Waals surface area contributed by atoms with Gasteiger partial charge >= 0.3 is 5.97 Å². The van der Waals surface area contributed by atoms with Gasteiger partial charge in [-0.2, -0.15) is 0 Å². The molecule has 128 valence electrons. The van der Waals surface area contributed by atoms with Gasteiger partial charge in [0.25, 0.3) is 0 Å². The van der Waals surface area contributed by atoms with E-state index in [9.17, 15) is 9.59 Å². The van der Waals surface area contributed by atoms with E-state index in [0.29, 0.717) is 31.2 Å². The van der Waals surface area contributed by atoms with Gasteiger partial charge in [-0.15, -0.1) is 0 Å². The minimum absolute atomic E-state index is 0.188. The van der Waals surface area contributed by atoms with Crippen molar-refractivity contribution >= 4 is 50.2 Å². The quantitative estimate of drug-likeness (QED) is 0.863. The summed E-state index contributed by atoms with van der Waals surface area (Å²) < 4.78 is 5.89. The number of anilines is 1. The summed E-state index contributed by atoms with van der Waals surface area (Å²) in [6, 6.07) is 5.62. The molecule has 0 atom stereocenters. The summed E-state index contributed by atoms with van der Waals surface area (Å²) in [5, 5.41) is 10.1. The Labute approximate surface area is 147 Å². The van der Waals surface area contributed by atoms with Crippen molar-refractivity contribution in [3.8, 4) is 0 Å². The summed E-state index contributed by atoms with van der Waals surface area (Å²) >= 11 is 7.58. The van der Waals surface area contributed by atoms with Gasteiger partial charge in [0, 0.05) is 31.2 Å². The minimum atomic E-state index is -1.08. The molecular formula is C15H16ClN3O4S. The van der Waals surface area contributed by atoms with Gasteiger partial charge in [-0.3, -0.25) is 4.79 Å². The minimum Gasteiger partial charge on any atom is -0.480 e. The van der Waals surface area contributed by atoms with Crippen LogP contribution in [0.4, 0.5) is 5.13 Å². The predicted molar refractivity (Wildman–Crippen MR) is 91.9 cm³/mol. The molecule has 1 aromatic carbocycles. The molecule has 3 rings (SSSR count). The standard InChI is InChI=1S/C15H16ClN3O4S/c16-10-1-2-11-12(7-10)24-15(17-11)19-5-3-18(4-6-19)13(20)8-23-9-14(21)22/h1-2,7H,3-6,8-9H2,(H,21,22). The van der Waals surface area contributed by atoms with Crippen molar-refractivity contribution < 1.29 is 19.4 Å². The van der Waals surface area contributed by atoms with E-state index in [1.165, 1.54) is 0 Å². The predicted octanol–water partition coefficient (Wildman–Crippen LogP) is 1.70. The molecule has 1 aliphatic rings. The Morgan fingerprint density at radius 1 is 1.25 bits per heavy atom. The first-order chi connectivity index (χ1) is 11.5. The number of carboxylic acids is 1. The Morgan fingerprint density at radius 2 is 2.00 bits per heavy atom. The molecule has 0 radical (unpaired) electrons. The highest BCUT2D eigenvalue weighted by atomic mass is 35.5. The lowest BCUT2D eigenvalue weighted by atomic mass is 10.3. The molecule has 0 unspecified atom stereocenters. The first-order valence-electron chi connectivity index (χ1n) is 7.41. The van der Waals surface area contributed by atoms with Crippen LogP contribution in [0.15, 0.2) is 18.2 Å². The van der Waals surface area contributed by atoms with Crippen LogP contribution in [0.3, 0.4) is 0 Å². The van der Waals surface area contributed by atoms with Crippen molar-refractivity contribution in [2.75, 3.05) is 44.3 Å². The number of nitrogens with zero attached hydrogens (tertiary/aromatic N) is 3. The van der Waals surface area contributed by atoms with Crippen molar-refractivity contribution in [2.24, 2.45) is 0 Å². The van der Waals surface area contributed by atoms with E-state index in [-0.39, 0.29) is 12.5 Å². The summed E-state index contributed by atoms with van der Waals surface area (Å²) in [4.78, 5) is 30.8. The van der Waals surface area contributed by atoms with Gasteiger partial charge in [-0.1, -0.05) is 22.9 Å². The monoisotopic (exact) mass is 369 g/mol. The molecule has 2 aromatic rings. The van der Waals surface area contributed by atoms with Crippen molar-refractivity contribution in [1.29, 1.82) is 0 Å². The fraction of sp³-hybridized carbons (Fsp3) is 0.400. The summed E-state index contributed by atoms with van der Waals surface area (Å²) in [5.41, 5.74) is 0.917. The molecule has 1 fully saturated rings. The second-order valence-electron chi connectivity index (χ2n) is 5.36. The van der Waals surface area contributed by atoms with Crippen molar-refractivity contribution in [3.63, 3.8) is 0 Å². The number of halogens is 1. The van der Waals surface area contributed by atoms with Crippen LogP contribution in [0.1, 0.15) is 0 Å². The maximum atomic E-state index is 12.0. The van der Waals surface area contributed by atoms with Crippen LogP contribution >= 0.6 is 22.9 Å². The molecule has 1 saturated heterocycles. The number of thiazole rings is 1. The fourth-order valence-corrected chi connectivity index (χ4v) is 3.78. The first kappa shape index (κ1) is 16.9. The number of carboxylic acid groups (broad SMARTS) is 1. The topological polar surface area (TPSA) is 83.0 Å². The number of hydrogen-bond donors (Lipinski definition) is 1. The lowest BCUT2D eigenvalue weighted by molar-refractivity contribution is -0.145. The zero-order valence-corrected chi connectivity index (χ0v) is 14.3. The van der Waals surface area contributed by atoms with Crippen molar-refractivity contribution in [1.82, 2.24) is 9.88 Å². The number of ether oxygens (including phenoxy) is 1. The number of carbonyl (C=O) groups is 2. The zero-order valence-electron chi connectivity index (χ0n) is 12.8.